The molecule has 2 aromatic heterocycles. The second kappa shape index (κ2) is 11.5. The Labute approximate surface area is 290 Å². The molecule has 0 atom stereocenters. The molecule has 8 aromatic carbocycles. The molecule has 10 rings (SSSR count). The van der Waals surface area contributed by atoms with Crippen molar-refractivity contribution in [3.8, 4) is 44.8 Å². The number of rotatable bonds is 5. The van der Waals surface area contributed by atoms with Crippen LogP contribution in [0.5, 0.6) is 0 Å². The first-order chi connectivity index (χ1) is 24.9. The van der Waals surface area contributed by atoms with E-state index in [0.29, 0.717) is 0 Å². The van der Waals surface area contributed by atoms with Gasteiger partial charge in [-0.05, 0) is 52.6 Å². The Morgan fingerprint density at radius 2 is 0.840 bits per heavy atom. The molecule has 234 valence electrons. The number of aromatic nitrogens is 2. The van der Waals surface area contributed by atoms with Crippen LogP contribution in [-0.4, -0.2) is 9.13 Å². The molecule has 0 fully saturated rings. The minimum absolute atomic E-state index is 1.15. The van der Waals surface area contributed by atoms with Crippen LogP contribution in [-0.2, 0) is 0 Å². The molecular formula is C48H32N2. The first-order valence-electron chi connectivity index (χ1n) is 17.2. The predicted molar refractivity (Wildman–Crippen MR) is 211 cm³/mol. The molecule has 0 N–H and O–H groups in total. The van der Waals surface area contributed by atoms with Gasteiger partial charge in [-0.15, -0.1) is 0 Å². The maximum Gasteiger partial charge on any atom is 0.0641 e. The van der Waals surface area contributed by atoms with Crippen molar-refractivity contribution in [3.05, 3.63) is 194 Å². The van der Waals surface area contributed by atoms with E-state index < -0.39 is 0 Å². The number of hydrogen-bond acceptors (Lipinski definition) is 0. The zero-order chi connectivity index (χ0) is 33.0. The molecule has 0 amide bonds. The van der Waals surface area contributed by atoms with Crippen LogP contribution in [0.2, 0.25) is 0 Å². The topological polar surface area (TPSA) is 9.86 Å². The van der Waals surface area contributed by atoms with Gasteiger partial charge in [0.15, 0.2) is 0 Å². The van der Waals surface area contributed by atoms with Gasteiger partial charge in [0.1, 0.15) is 0 Å². The summed E-state index contributed by atoms with van der Waals surface area (Å²) in [6, 6.07) is 70.3. The van der Waals surface area contributed by atoms with Crippen LogP contribution < -0.4 is 0 Å². The molecule has 0 radical (unpaired) electrons. The van der Waals surface area contributed by atoms with Crippen molar-refractivity contribution in [3.63, 3.8) is 0 Å². The highest BCUT2D eigenvalue weighted by Gasteiger charge is 2.24. The Hall–Kier alpha value is -6.64. The third kappa shape index (κ3) is 4.29. The van der Waals surface area contributed by atoms with Gasteiger partial charge in [-0.25, -0.2) is 0 Å². The van der Waals surface area contributed by atoms with Gasteiger partial charge in [0.2, 0.25) is 0 Å². The summed E-state index contributed by atoms with van der Waals surface area (Å²) >= 11 is 0. The molecule has 10 aromatic rings. The van der Waals surface area contributed by atoms with Crippen molar-refractivity contribution in [2.24, 2.45) is 0 Å². The van der Waals surface area contributed by atoms with Gasteiger partial charge >= 0.3 is 0 Å². The Kier molecular flexibility index (Phi) is 6.53. The Morgan fingerprint density at radius 1 is 0.300 bits per heavy atom. The van der Waals surface area contributed by atoms with E-state index in [1.165, 1.54) is 77.0 Å². The van der Waals surface area contributed by atoms with Gasteiger partial charge in [0.25, 0.3) is 0 Å². The standard InChI is InChI=1S/C48H32N2/c1-5-17-33(18-6-1)37-26-16-30-43(45(37)35-21-9-3-10-22-35)50-42-29-14-13-25-41(42)46-44(50)32-31-40-39-28-15-27-38(34-19-7-2-8-20-34)47(39)49(48(40)46)36-23-11-4-12-24-36/h1-32H. The van der Waals surface area contributed by atoms with E-state index >= 15 is 0 Å². The minimum Gasteiger partial charge on any atom is -0.309 e. The molecule has 2 heterocycles. The normalized spacial score (nSPS) is 11.6. The summed E-state index contributed by atoms with van der Waals surface area (Å²) in [6.07, 6.45) is 0. The van der Waals surface area contributed by atoms with Gasteiger partial charge in [-0.1, -0.05) is 164 Å². The zero-order valence-corrected chi connectivity index (χ0v) is 27.4. The predicted octanol–water partition coefficient (Wildman–Crippen LogP) is 12.9. The summed E-state index contributed by atoms with van der Waals surface area (Å²) in [6.45, 7) is 0. The van der Waals surface area contributed by atoms with Crippen molar-refractivity contribution < 1.29 is 0 Å². The number of para-hydroxylation sites is 3. The molecule has 50 heavy (non-hydrogen) atoms. The van der Waals surface area contributed by atoms with Gasteiger partial charge in [-0.3, -0.25) is 0 Å². The summed E-state index contributed by atoms with van der Waals surface area (Å²) in [5.41, 5.74) is 14.4. The maximum atomic E-state index is 2.50. The summed E-state index contributed by atoms with van der Waals surface area (Å²) in [4.78, 5) is 0. The Morgan fingerprint density at radius 3 is 1.56 bits per heavy atom. The molecule has 0 saturated heterocycles. The van der Waals surface area contributed by atoms with Crippen LogP contribution in [0.15, 0.2) is 194 Å². The fraction of sp³-hybridized carbons (Fsp3) is 0. The SMILES string of the molecule is c1ccc(-c2cccc(-n3c4ccccc4c4c3ccc3c5cccc(-c6ccccc6)c5n(-c5ccccc5)c34)c2-c2ccccc2)cc1. The van der Waals surface area contributed by atoms with Crippen LogP contribution in [0.3, 0.4) is 0 Å². The lowest BCUT2D eigenvalue weighted by atomic mass is 9.93. The fourth-order valence-electron chi connectivity index (χ4n) is 8.04. The van der Waals surface area contributed by atoms with E-state index in [-0.39, 0.29) is 0 Å². The van der Waals surface area contributed by atoms with E-state index in [4.69, 9.17) is 0 Å². The Balaban J connectivity index is 1.39. The first-order valence-corrected chi connectivity index (χ1v) is 17.2. The molecule has 2 heteroatoms. The monoisotopic (exact) mass is 636 g/mol. The summed E-state index contributed by atoms with van der Waals surface area (Å²) in [5, 5.41) is 4.98. The fourth-order valence-corrected chi connectivity index (χ4v) is 8.04. The molecule has 0 aliphatic heterocycles. The zero-order valence-electron chi connectivity index (χ0n) is 27.4. The minimum atomic E-state index is 1.15. The van der Waals surface area contributed by atoms with Crippen LogP contribution in [0, 0.1) is 0 Å². The van der Waals surface area contributed by atoms with Gasteiger partial charge < -0.3 is 9.13 Å². The van der Waals surface area contributed by atoms with Crippen LogP contribution in [0.4, 0.5) is 0 Å². The van der Waals surface area contributed by atoms with Crippen molar-refractivity contribution in [2.75, 3.05) is 0 Å². The molecule has 0 aliphatic carbocycles. The maximum absolute atomic E-state index is 2.50. The van der Waals surface area contributed by atoms with Gasteiger partial charge in [0.05, 0.1) is 27.8 Å². The molecule has 2 nitrogen and oxygen atoms in total. The van der Waals surface area contributed by atoms with Crippen molar-refractivity contribution in [1.29, 1.82) is 0 Å². The lowest BCUT2D eigenvalue weighted by Crippen LogP contribution is -1.99. The number of benzene rings is 8. The number of hydrogen-bond donors (Lipinski definition) is 0. The van der Waals surface area contributed by atoms with Crippen LogP contribution >= 0.6 is 0 Å². The van der Waals surface area contributed by atoms with E-state index in [1.54, 1.807) is 0 Å². The van der Waals surface area contributed by atoms with E-state index in [9.17, 15) is 0 Å². The summed E-state index contributed by atoms with van der Waals surface area (Å²) in [5.74, 6) is 0. The first kappa shape index (κ1) is 28.4. The van der Waals surface area contributed by atoms with Crippen molar-refractivity contribution in [1.82, 2.24) is 9.13 Å². The number of fused-ring (bicyclic) bond motifs is 7. The van der Waals surface area contributed by atoms with Crippen molar-refractivity contribution in [2.45, 2.75) is 0 Å². The molecule has 0 aliphatic rings. The van der Waals surface area contributed by atoms with Crippen LogP contribution in [0.1, 0.15) is 0 Å². The third-order valence-electron chi connectivity index (χ3n) is 10.1. The van der Waals surface area contributed by atoms with Gasteiger partial charge in [-0.2, -0.15) is 0 Å². The summed E-state index contributed by atoms with van der Waals surface area (Å²) < 4.78 is 4.99. The van der Waals surface area contributed by atoms with Crippen molar-refractivity contribution >= 4 is 43.6 Å². The average Bonchev–Trinajstić information content (AvgIpc) is 3.72. The van der Waals surface area contributed by atoms with Gasteiger partial charge in [0, 0.05) is 38.4 Å². The van der Waals surface area contributed by atoms with E-state index in [0.717, 1.165) is 11.4 Å². The summed E-state index contributed by atoms with van der Waals surface area (Å²) in [7, 11) is 0. The van der Waals surface area contributed by atoms with Crippen LogP contribution in [0.25, 0.3) is 88.4 Å². The molecule has 0 unspecified atom stereocenters. The second-order valence-corrected chi connectivity index (χ2v) is 12.9. The molecule has 0 spiro atoms. The van der Waals surface area contributed by atoms with E-state index in [1.807, 2.05) is 0 Å². The second-order valence-electron chi connectivity index (χ2n) is 12.9. The highest BCUT2D eigenvalue weighted by Crippen LogP contribution is 2.46. The largest absolute Gasteiger partial charge is 0.309 e. The molecular weight excluding hydrogens is 605 g/mol. The quantitative estimate of drug-likeness (QED) is 0.178. The lowest BCUT2D eigenvalue weighted by molar-refractivity contribution is 1.17. The highest BCUT2D eigenvalue weighted by molar-refractivity contribution is 6.27. The highest BCUT2D eigenvalue weighted by atomic mass is 15.0. The van der Waals surface area contributed by atoms with E-state index in [2.05, 4.69) is 203 Å². The molecule has 0 saturated carbocycles. The molecule has 0 bridgehead atoms. The lowest BCUT2D eigenvalue weighted by Gasteiger charge is -2.18. The smallest absolute Gasteiger partial charge is 0.0641 e. The number of nitrogens with zero attached hydrogens (tertiary/aromatic N) is 2. The Bertz CT molecular complexity index is 2830. The average molecular weight is 637 g/mol. The third-order valence-corrected chi connectivity index (χ3v) is 10.1.